The van der Waals surface area contributed by atoms with E-state index in [1.54, 1.807) is 12.1 Å². The molecule has 2 aromatic carbocycles. The summed E-state index contributed by atoms with van der Waals surface area (Å²) in [5, 5.41) is 0.817. The SMILES string of the molecule is COC(=O)c1ccc(-c2ccc(Cl)cc2Cl)c(F)c1. The van der Waals surface area contributed by atoms with Crippen LogP contribution in [0.5, 0.6) is 0 Å². The second-order valence-electron chi connectivity index (χ2n) is 3.81. The molecule has 0 saturated carbocycles. The largest absolute Gasteiger partial charge is 0.465 e. The third kappa shape index (κ3) is 2.88. The first-order valence-electron chi connectivity index (χ1n) is 5.36. The fourth-order valence-electron chi connectivity index (χ4n) is 1.69. The van der Waals surface area contributed by atoms with Crippen LogP contribution in [-0.2, 0) is 4.74 Å². The number of carbonyl (C=O) groups is 1. The minimum absolute atomic E-state index is 0.147. The van der Waals surface area contributed by atoms with Gasteiger partial charge in [-0.1, -0.05) is 35.3 Å². The number of hydrogen-bond acceptors (Lipinski definition) is 2. The lowest BCUT2D eigenvalue weighted by atomic mass is 10.0. The lowest BCUT2D eigenvalue weighted by Crippen LogP contribution is -2.02. The van der Waals surface area contributed by atoms with Crippen molar-refractivity contribution in [1.29, 1.82) is 0 Å². The van der Waals surface area contributed by atoms with Gasteiger partial charge in [-0.25, -0.2) is 9.18 Å². The fourth-order valence-corrected chi connectivity index (χ4v) is 2.20. The summed E-state index contributed by atoms with van der Waals surface area (Å²) in [7, 11) is 1.24. The van der Waals surface area contributed by atoms with E-state index in [2.05, 4.69) is 4.74 Å². The van der Waals surface area contributed by atoms with Crippen LogP contribution in [-0.4, -0.2) is 13.1 Å². The maximum atomic E-state index is 14.0. The summed E-state index contributed by atoms with van der Waals surface area (Å²) >= 11 is 11.8. The molecule has 0 N–H and O–H groups in total. The van der Waals surface area contributed by atoms with Crippen molar-refractivity contribution in [2.24, 2.45) is 0 Å². The Morgan fingerprint density at radius 1 is 1.11 bits per heavy atom. The van der Waals surface area contributed by atoms with Crippen LogP contribution in [0, 0.1) is 5.82 Å². The zero-order valence-corrected chi connectivity index (χ0v) is 11.4. The highest BCUT2D eigenvalue weighted by Gasteiger charge is 2.13. The molecule has 0 aliphatic heterocycles. The summed E-state index contributed by atoms with van der Waals surface area (Å²) in [6, 6.07) is 8.86. The number of rotatable bonds is 2. The van der Waals surface area contributed by atoms with Crippen molar-refractivity contribution < 1.29 is 13.9 Å². The van der Waals surface area contributed by atoms with Crippen LogP contribution in [0.4, 0.5) is 4.39 Å². The number of halogens is 3. The van der Waals surface area contributed by atoms with Crippen LogP contribution >= 0.6 is 23.2 Å². The quantitative estimate of drug-likeness (QED) is 0.758. The van der Waals surface area contributed by atoms with Crippen molar-refractivity contribution in [3.63, 3.8) is 0 Å². The summed E-state index contributed by atoms with van der Waals surface area (Å²) in [5.74, 6) is -1.14. The van der Waals surface area contributed by atoms with Crippen molar-refractivity contribution in [3.05, 3.63) is 57.8 Å². The summed E-state index contributed by atoms with van der Waals surface area (Å²) in [6.45, 7) is 0. The molecule has 0 fully saturated rings. The van der Waals surface area contributed by atoms with E-state index in [1.165, 1.54) is 25.3 Å². The second kappa shape index (κ2) is 5.59. The Morgan fingerprint density at radius 3 is 2.37 bits per heavy atom. The van der Waals surface area contributed by atoms with Crippen molar-refractivity contribution in [2.45, 2.75) is 0 Å². The predicted octanol–water partition coefficient (Wildman–Crippen LogP) is 4.59. The van der Waals surface area contributed by atoms with Crippen LogP contribution < -0.4 is 0 Å². The molecule has 2 nitrogen and oxygen atoms in total. The van der Waals surface area contributed by atoms with Gasteiger partial charge in [0.25, 0.3) is 0 Å². The molecule has 0 spiro atoms. The van der Waals surface area contributed by atoms with Crippen molar-refractivity contribution in [1.82, 2.24) is 0 Å². The molecule has 0 radical (unpaired) electrons. The van der Waals surface area contributed by atoms with Crippen molar-refractivity contribution in [2.75, 3.05) is 7.11 Å². The maximum Gasteiger partial charge on any atom is 0.337 e. The molecule has 2 rings (SSSR count). The van der Waals surface area contributed by atoms with E-state index in [0.717, 1.165) is 6.07 Å². The number of carbonyl (C=O) groups excluding carboxylic acids is 1. The van der Waals surface area contributed by atoms with Gasteiger partial charge in [-0.05, 0) is 24.3 Å². The Balaban J connectivity index is 2.49. The standard InChI is InChI=1S/C14H9Cl2FO2/c1-19-14(18)8-2-4-11(13(17)6-8)10-5-3-9(15)7-12(10)16/h2-7H,1H3. The summed E-state index contributed by atoms with van der Waals surface area (Å²) < 4.78 is 18.5. The summed E-state index contributed by atoms with van der Waals surface area (Å²) in [6.07, 6.45) is 0. The van der Waals surface area contributed by atoms with Crippen LogP contribution in [0.3, 0.4) is 0 Å². The van der Waals surface area contributed by atoms with Gasteiger partial charge in [0.2, 0.25) is 0 Å². The topological polar surface area (TPSA) is 26.3 Å². The molecule has 0 atom stereocenters. The van der Waals surface area contributed by atoms with E-state index < -0.39 is 11.8 Å². The first-order chi connectivity index (χ1) is 9.02. The molecule has 0 heterocycles. The highest BCUT2D eigenvalue weighted by Crippen LogP contribution is 2.32. The van der Waals surface area contributed by atoms with E-state index in [0.29, 0.717) is 21.2 Å². The first kappa shape index (κ1) is 13.8. The molecule has 0 aliphatic carbocycles. The van der Waals surface area contributed by atoms with Crippen molar-refractivity contribution >= 4 is 29.2 Å². The van der Waals surface area contributed by atoms with E-state index in [-0.39, 0.29) is 5.56 Å². The van der Waals surface area contributed by atoms with Gasteiger partial charge in [-0.2, -0.15) is 0 Å². The van der Waals surface area contributed by atoms with Gasteiger partial charge >= 0.3 is 5.97 Å². The van der Waals surface area contributed by atoms with Gasteiger partial charge < -0.3 is 4.74 Å². The summed E-state index contributed by atoms with van der Waals surface area (Å²) in [4.78, 5) is 11.3. The van der Waals surface area contributed by atoms with Gasteiger partial charge in [0.05, 0.1) is 12.7 Å². The Labute approximate surface area is 119 Å². The molecule has 0 amide bonds. The van der Waals surface area contributed by atoms with Crippen molar-refractivity contribution in [3.8, 4) is 11.1 Å². The van der Waals surface area contributed by atoms with Crippen LogP contribution in [0.1, 0.15) is 10.4 Å². The Hall–Kier alpha value is -1.58. The number of ether oxygens (including phenoxy) is 1. The highest BCUT2D eigenvalue weighted by atomic mass is 35.5. The van der Waals surface area contributed by atoms with Gasteiger partial charge in [0.1, 0.15) is 5.82 Å². The van der Waals surface area contributed by atoms with Crippen LogP contribution in [0.25, 0.3) is 11.1 Å². The van der Waals surface area contributed by atoms with E-state index in [9.17, 15) is 9.18 Å². The maximum absolute atomic E-state index is 14.0. The third-order valence-electron chi connectivity index (χ3n) is 2.61. The monoisotopic (exact) mass is 298 g/mol. The molecule has 0 unspecified atom stereocenters. The molecule has 0 bridgehead atoms. The van der Waals surface area contributed by atoms with Gasteiger partial charge in [0, 0.05) is 21.2 Å². The fraction of sp³-hybridized carbons (Fsp3) is 0.0714. The molecular weight excluding hydrogens is 290 g/mol. The Morgan fingerprint density at radius 2 is 1.79 bits per heavy atom. The zero-order chi connectivity index (χ0) is 14.0. The van der Waals surface area contributed by atoms with Gasteiger partial charge in [-0.15, -0.1) is 0 Å². The van der Waals surface area contributed by atoms with Crippen LogP contribution in [0.2, 0.25) is 10.0 Å². The van der Waals surface area contributed by atoms with E-state index in [4.69, 9.17) is 23.2 Å². The molecule has 19 heavy (non-hydrogen) atoms. The third-order valence-corrected chi connectivity index (χ3v) is 3.16. The number of esters is 1. The number of methoxy groups -OCH3 is 1. The molecule has 0 aliphatic rings. The van der Waals surface area contributed by atoms with Gasteiger partial charge in [-0.3, -0.25) is 0 Å². The average Bonchev–Trinajstić information content (AvgIpc) is 2.38. The molecule has 0 aromatic heterocycles. The number of benzene rings is 2. The Bertz CT molecular complexity index is 641. The van der Waals surface area contributed by atoms with E-state index >= 15 is 0 Å². The lowest BCUT2D eigenvalue weighted by molar-refractivity contribution is 0.0600. The van der Waals surface area contributed by atoms with E-state index in [1.807, 2.05) is 0 Å². The first-order valence-corrected chi connectivity index (χ1v) is 6.12. The molecule has 0 saturated heterocycles. The van der Waals surface area contributed by atoms with Crippen LogP contribution in [0.15, 0.2) is 36.4 Å². The highest BCUT2D eigenvalue weighted by molar-refractivity contribution is 6.36. The normalized spacial score (nSPS) is 10.3. The molecule has 5 heteroatoms. The molecule has 2 aromatic rings. The average molecular weight is 299 g/mol. The zero-order valence-electron chi connectivity index (χ0n) is 9.91. The number of hydrogen-bond donors (Lipinski definition) is 0. The second-order valence-corrected chi connectivity index (χ2v) is 4.65. The summed E-state index contributed by atoms with van der Waals surface area (Å²) in [5.41, 5.74) is 0.961. The predicted molar refractivity (Wildman–Crippen MR) is 73.2 cm³/mol. The minimum atomic E-state index is -0.590. The lowest BCUT2D eigenvalue weighted by Gasteiger charge is -2.08. The molecule has 98 valence electrons. The minimum Gasteiger partial charge on any atom is -0.465 e. The smallest absolute Gasteiger partial charge is 0.337 e. The van der Waals surface area contributed by atoms with Gasteiger partial charge in [0.15, 0.2) is 0 Å². The molecular formula is C14H9Cl2FO2. The Kier molecular flexibility index (Phi) is 4.08.